The van der Waals surface area contributed by atoms with Crippen LogP contribution in [0, 0.1) is 5.82 Å². The molecule has 1 rings (SSSR count). The molecule has 0 aliphatic rings. The minimum Gasteiger partial charge on any atom is -0.387 e. The van der Waals surface area contributed by atoms with Crippen molar-refractivity contribution in [3.05, 3.63) is 34.6 Å². The first kappa shape index (κ1) is 14.4. The standard InChI is InChI=1S/C13H19ClFNO/c1-3-10(4-2)16-8-13(17)9-5-6-11(14)12(15)7-9/h5-7,10,13,16-17H,3-4,8H2,1-2H3. The van der Waals surface area contributed by atoms with E-state index in [1.54, 1.807) is 6.07 Å². The largest absolute Gasteiger partial charge is 0.387 e. The summed E-state index contributed by atoms with van der Waals surface area (Å²) in [7, 11) is 0. The van der Waals surface area contributed by atoms with E-state index in [2.05, 4.69) is 19.2 Å². The summed E-state index contributed by atoms with van der Waals surface area (Å²) in [6.45, 7) is 4.61. The predicted octanol–water partition coefficient (Wildman–Crippen LogP) is 3.29. The highest BCUT2D eigenvalue weighted by atomic mass is 35.5. The van der Waals surface area contributed by atoms with Crippen molar-refractivity contribution in [2.75, 3.05) is 6.54 Å². The van der Waals surface area contributed by atoms with Gasteiger partial charge in [0.05, 0.1) is 11.1 Å². The monoisotopic (exact) mass is 259 g/mol. The van der Waals surface area contributed by atoms with Gasteiger partial charge in [-0.15, -0.1) is 0 Å². The molecule has 0 saturated carbocycles. The van der Waals surface area contributed by atoms with Crippen LogP contribution in [0.15, 0.2) is 18.2 Å². The molecule has 0 aliphatic carbocycles. The summed E-state index contributed by atoms with van der Waals surface area (Å²) < 4.78 is 13.2. The van der Waals surface area contributed by atoms with Crippen LogP contribution in [0.25, 0.3) is 0 Å². The molecule has 1 unspecified atom stereocenters. The van der Waals surface area contributed by atoms with Crippen LogP contribution in [-0.4, -0.2) is 17.7 Å². The van der Waals surface area contributed by atoms with Crippen LogP contribution < -0.4 is 5.32 Å². The summed E-state index contributed by atoms with van der Waals surface area (Å²) in [6.07, 6.45) is 1.32. The van der Waals surface area contributed by atoms with Gasteiger partial charge >= 0.3 is 0 Å². The fourth-order valence-corrected chi connectivity index (χ4v) is 1.81. The molecule has 1 atom stereocenters. The molecule has 0 radical (unpaired) electrons. The zero-order valence-corrected chi connectivity index (χ0v) is 11.0. The molecule has 0 aliphatic heterocycles. The van der Waals surface area contributed by atoms with Crippen LogP contribution in [-0.2, 0) is 0 Å². The second kappa shape index (κ2) is 6.94. The number of hydrogen-bond donors (Lipinski definition) is 2. The maximum Gasteiger partial charge on any atom is 0.142 e. The number of benzene rings is 1. The van der Waals surface area contributed by atoms with Gasteiger partial charge in [-0.1, -0.05) is 31.5 Å². The molecular weight excluding hydrogens is 241 g/mol. The van der Waals surface area contributed by atoms with Crippen LogP contribution in [0.1, 0.15) is 38.4 Å². The molecule has 2 nitrogen and oxygen atoms in total. The number of hydrogen-bond acceptors (Lipinski definition) is 2. The van der Waals surface area contributed by atoms with Crippen molar-refractivity contribution < 1.29 is 9.50 Å². The molecule has 1 aromatic rings. The number of aliphatic hydroxyl groups excluding tert-OH is 1. The summed E-state index contributed by atoms with van der Waals surface area (Å²) in [5, 5.41) is 13.2. The van der Waals surface area contributed by atoms with E-state index < -0.39 is 11.9 Å². The molecule has 0 spiro atoms. The van der Waals surface area contributed by atoms with Crippen molar-refractivity contribution in [3.63, 3.8) is 0 Å². The van der Waals surface area contributed by atoms with Gasteiger partial charge in [0, 0.05) is 12.6 Å². The molecule has 17 heavy (non-hydrogen) atoms. The highest BCUT2D eigenvalue weighted by molar-refractivity contribution is 6.30. The molecule has 2 N–H and O–H groups in total. The lowest BCUT2D eigenvalue weighted by atomic mass is 10.1. The maximum absolute atomic E-state index is 13.2. The molecule has 96 valence electrons. The first-order valence-corrected chi connectivity index (χ1v) is 6.32. The lowest BCUT2D eigenvalue weighted by Gasteiger charge is -2.18. The van der Waals surface area contributed by atoms with Gasteiger partial charge in [-0.25, -0.2) is 4.39 Å². The molecule has 0 saturated heterocycles. The van der Waals surface area contributed by atoms with Crippen LogP contribution in [0.5, 0.6) is 0 Å². The van der Waals surface area contributed by atoms with Gasteiger partial charge < -0.3 is 10.4 Å². The molecule has 0 bridgehead atoms. The first-order chi connectivity index (χ1) is 8.08. The Kier molecular flexibility index (Phi) is 5.89. The Labute approximate surface area is 107 Å². The Bertz CT molecular complexity index is 355. The summed E-state index contributed by atoms with van der Waals surface area (Å²) in [6, 6.07) is 4.78. The zero-order valence-electron chi connectivity index (χ0n) is 10.2. The minimum absolute atomic E-state index is 0.0777. The SMILES string of the molecule is CCC(CC)NCC(O)c1ccc(Cl)c(F)c1. The Morgan fingerprint density at radius 3 is 2.53 bits per heavy atom. The Morgan fingerprint density at radius 2 is 2.00 bits per heavy atom. The quantitative estimate of drug-likeness (QED) is 0.822. The van der Waals surface area contributed by atoms with Gasteiger partial charge in [0.15, 0.2) is 0 Å². The molecule has 0 aromatic heterocycles. The maximum atomic E-state index is 13.2. The van der Waals surface area contributed by atoms with Crippen molar-refractivity contribution in [2.24, 2.45) is 0 Å². The number of halogens is 2. The van der Waals surface area contributed by atoms with Crippen LogP contribution in [0.3, 0.4) is 0 Å². The average Bonchev–Trinajstić information content (AvgIpc) is 2.33. The fourth-order valence-electron chi connectivity index (χ4n) is 1.69. The predicted molar refractivity (Wildman–Crippen MR) is 68.7 cm³/mol. The third kappa shape index (κ3) is 4.26. The van der Waals surface area contributed by atoms with Gasteiger partial charge in [-0.2, -0.15) is 0 Å². The van der Waals surface area contributed by atoms with Gasteiger partial charge in [0.2, 0.25) is 0 Å². The third-order valence-corrected chi connectivity index (χ3v) is 3.22. The first-order valence-electron chi connectivity index (χ1n) is 5.94. The third-order valence-electron chi connectivity index (χ3n) is 2.91. The average molecular weight is 260 g/mol. The lowest BCUT2D eigenvalue weighted by Crippen LogP contribution is -2.31. The lowest BCUT2D eigenvalue weighted by molar-refractivity contribution is 0.168. The van der Waals surface area contributed by atoms with Gasteiger partial charge in [0.1, 0.15) is 5.82 Å². The van der Waals surface area contributed by atoms with Crippen LogP contribution in [0.2, 0.25) is 5.02 Å². The smallest absolute Gasteiger partial charge is 0.142 e. The molecule has 4 heteroatoms. The van der Waals surface area contributed by atoms with Gasteiger partial charge in [0.25, 0.3) is 0 Å². The molecule has 0 amide bonds. The van der Waals surface area contributed by atoms with E-state index in [1.165, 1.54) is 12.1 Å². The van der Waals surface area contributed by atoms with Crippen molar-refractivity contribution >= 4 is 11.6 Å². The molecular formula is C13H19ClFNO. The molecule has 0 fully saturated rings. The topological polar surface area (TPSA) is 32.3 Å². The normalized spacial score (nSPS) is 13.1. The number of nitrogens with one attached hydrogen (secondary N) is 1. The van der Waals surface area contributed by atoms with Crippen molar-refractivity contribution in [1.82, 2.24) is 5.32 Å². The van der Waals surface area contributed by atoms with Crippen molar-refractivity contribution in [1.29, 1.82) is 0 Å². The Hall–Kier alpha value is -0.640. The van der Waals surface area contributed by atoms with E-state index in [1.807, 2.05) is 0 Å². The van der Waals surface area contributed by atoms with E-state index in [-0.39, 0.29) is 5.02 Å². The molecule has 0 heterocycles. The van der Waals surface area contributed by atoms with E-state index in [0.29, 0.717) is 18.2 Å². The Balaban J connectivity index is 2.57. The van der Waals surface area contributed by atoms with E-state index >= 15 is 0 Å². The highest BCUT2D eigenvalue weighted by Crippen LogP contribution is 2.20. The summed E-state index contributed by atoms with van der Waals surface area (Å²) in [5.74, 6) is -0.495. The van der Waals surface area contributed by atoms with E-state index in [9.17, 15) is 9.50 Å². The van der Waals surface area contributed by atoms with Gasteiger partial charge in [-0.3, -0.25) is 0 Å². The second-order valence-electron chi connectivity index (χ2n) is 4.11. The highest BCUT2D eigenvalue weighted by Gasteiger charge is 2.11. The second-order valence-corrected chi connectivity index (χ2v) is 4.52. The van der Waals surface area contributed by atoms with Crippen molar-refractivity contribution in [2.45, 2.75) is 38.8 Å². The Morgan fingerprint density at radius 1 is 1.35 bits per heavy atom. The van der Waals surface area contributed by atoms with E-state index in [0.717, 1.165) is 12.8 Å². The number of rotatable bonds is 6. The van der Waals surface area contributed by atoms with E-state index in [4.69, 9.17) is 11.6 Å². The fraction of sp³-hybridized carbons (Fsp3) is 0.538. The molecule has 1 aromatic carbocycles. The zero-order chi connectivity index (χ0) is 12.8. The number of aliphatic hydroxyl groups is 1. The summed E-state index contributed by atoms with van der Waals surface area (Å²) in [4.78, 5) is 0. The van der Waals surface area contributed by atoms with Crippen LogP contribution in [0.4, 0.5) is 4.39 Å². The summed E-state index contributed by atoms with van der Waals surface area (Å²) in [5.41, 5.74) is 0.547. The van der Waals surface area contributed by atoms with Crippen LogP contribution >= 0.6 is 11.6 Å². The summed E-state index contributed by atoms with van der Waals surface area (Å²) >= 11 is 5.59. The van der Waals surface area contributed by atoms with Gasteiger partial charge in [-0.05, 0) is 30.5 Å². The minimum atomic E-state index is -0.706. The van der Waals surface area contributed by atoms with Crippen molar-refractivity contribution in [3.8, 4) is 0 Å².